The molecule has 2 rings (SSSR count). The predicted molar refractivity (Wildman–Crippen MR) is 54.5 cm³/mol. The molecule has 1 aliphatic rings. The Morgan fingerprint density at radius 3 is 2.71 bits per heavy atom. The number of nitrogens with zero attached hydrogens (tertiary/aromatic N) is 1. The Hall–Kier alpha value is -1.20. The predicted octanol–water partition coefficient (Wildman–Crippen LogP) is 2.90. The van der Waals surface area contributed by atoms with Crippen molar-refractivity contribution in [3.63, 3.8) is 0 Å². The highest BCUT2D eigenvalue weighted by Gasteiger charge is 2.46. The zero-order chi connectivity index (χ0) is 10.2. The molecule has 0 bridgehead atoms. The smallest absolute Gasteiger partial charge is 0.123 e. The van der Waals surface area contributed by atoms with E-state index < -0.39 is 0 Å². The fourth-order valence-electron chi connectivity index (χ4n) is 1.62. The van der Waals surface area contributed by atoms with Crippen molar-refractivity contribution in [3.8, 4) is 11.8 Å². The maximum atomic E-state index is 9.07. The summed E-state index contributed by atoms with van der Waals surface area (Å²) in [6.45, 7) is 0. The lowest BCUT2D eigenvalue weighted by atomic mass is 9.97. The van der Waals surface area contributed by atoms with E-state index in [9.17, 15) is 0 Å². The first-order valence-corrected chi connectivity index (χ1v) is 4.85. The van der Waals surface area contributed by atoms with Crippen molar-refractivity contribution in [1.82, 2.24) is 0 Å². The minimum atomic E-state index is -0.337. The Labute approximate surface area is 88.1 Å². The Balaban J connectivity index is 2.51. The van der Waals surface area contributed by atoms with Crippen LogP contribution in [0.1, 0.15) is 18.4 Å². The van der Waals surface area contributed by atoms with E-state index >= 15 is 0 Å². The topological polar surface area (TPSA) is 33.0 Å². The van der Waals surface area contributed by atoms with Gasteiger partial charge in [-0.15, -0.1) is 0 Å². The van der Waals surface area contributed by atoms with Gasteiger partial charge >= 0.3 is 0 Å². The molecule has 0 amide bonds. The zero-order valence-corrected chi connectivity index (χ0v) is 8.64. The number of hydrogen-bond acceptors (Lipinski definition) is 2. The standard InChI is InChI=1S/C11H10ClNO/c1-14-10-3-2-8(12)6-9(10)11(7-13)4-5-11/h2-3,6H,4-5H2,1H3. The molecule has 0 heterocycles. The van der Waals surface area contributed by atoms with Gasteiger partial charge < -0.3 is 4.74 Å². The fourth-order valence-corrected chi connectivity index (χ4v) is 1.79. The van der Waals surface area contributed by atoms with Crippen LogP contribution in [0.2, 0.25) is 5.02 Å². The second kappa shape index (κ2) is 3.18. The molecule has 0 unspecified atom stereocenters. The molecule has 1 aromatic rings. The summed E-state index contributed by atoms with van der Waals surface area (Å²) in [5.74, 6) is 0.758. The van der Waals surface area contributed by atoms with E-state index in [0.717, 1.165) is 24.2 Å². The van der Waals surface area contributed by atoms with Crippen molar-refractivity contribution in [2.24, 2.45) is 0 Å². The molecule has 14 heavy (non-hydrogen) atoms. The molecule has 1 fully saturated rings. The van der Waals surface area contributed by atoms with Gasteiger partial charge in [0.1, 0.15) is 5.75 Å². The van der Waals surface area contributed by atoms with Gasteiger partial charge in [-0.05, 0) is 31.0 Å². The lowest BCUT2D eigenvalue weighted by Crippen LogP contribution is -2.05. The third-order valence-corrected chi connectivity index (χ3v) is 2.88. The molecule has 0 N–H and O–H groups in total. The number of ether oxygens (including phenoxy) is 1. The number of methoxy groups -OCH3 is 1. The van der Waals surface area contributed by atoms with Crippen LogP contribution in [-0.2, 0) is 5.41 Å². The molecule has 0 radical (unpaired) electrons. The van der Waals surface area contributed by atoms with E-state index in [1.807, 2.05) is 12.1 Å². The van der Waals surface area contributed by atoms with Gasteiger partial charge in [0.25, 0.3) is 0 Å². The minimum Gasteiger partial charge on any atom is -0.496 e. The number of halogens is 1. The van der Waals surface area contributed by atoms with E-state index in [4.69, 9.17) is 21.6 Å². The monoisotopic (exact) mass is 207 g/mol. The molecule has 1 aromatic carbocycles. The Kier molecular flexibility index (Phi) is 2.13. The van der Waals surface area contributed by atoms with E-state index in [-0.39, 0.29) is 5.41 Å². The maximum Gasteiger partial charge on any atom is 0.123 e. The summed E-state index contributed by atoms with van der Waals surface area (Å²) in [6.07, 6.45) is 1.81. The second-order valence-electron chi connectivity index (χ2n) is 3.54. The first-order chi connectivity index (χ1) is 6.72. The fraction of sp³-hybridized carbons (Fsp3) is 0.364. The molecule has 0 spiro atoms. The molecule has 72 valence electrons. The summed E-state index contributed by atoms with van der Waals surface area (Å²) >= 11 is 5.90. The summed E-state index contributed by atoms with van der Waals surface area (Å²) in [5, 5.41) is 9.73. The first kappa shape index (κ1) is 9.36. The lowest BCUT2D eigenvalue weighted by molar-refractivity contribution is 0.407. The summed E-state index contributed by atoms with van der Waals surface area (Å²) in [4.78, 5) is 0. The zero-order valence-electron chi connectivity index (χ0n) is 7.88. The van der Waals surface area contributed by atoms with Crippen LogP contribution >= 0.6 is 11.6 Å². The minimum absolute atomic E-state index is 0.337. The molecule has 0 aliphatic heterocycles. The van der Waals surface area contributed by atoms with Crippen LogP contribution in [0.25, 0.3) is 0 Å². The van der Waals surface area contributed by atoms with Crippen LogP contribution in [0.4, 0.5) is 0 Å². The van der Waals surface area contributed by atoms with Crippen molar-refractivity contribution in [2.75, 3.05) is 7.11 Å². The highest BCUT2D eigenvalue weighted by Crippen LogP contribution is 2.51. The largest absolute Gasteiger partial charge is 0.496 e. The van der Waals surface area contributed by atoms with E-state index in [0.29, 0.717) is 5.02 Å². The summed E-state index contributed by atoms with van der Waals surface area (Å²) in [7, 11) is 1.61. The Morgan fingerprint density at radius 2 is 2.21 bits per heavy atom. The van der Waals surface area contributed by atoms with Crippen LogP contribution in [0, 0.1) is 11.3 Å². The van der Waals surface area contributed by atoms with Gasteiger partial charge in [-0.2, -0.15) is 5.26 Å². The molecule has 0 atom stereocenters. The van der Waals surface area contributed by atoms with Crippen molar-refractivity contribution < 1.29 is 4.74 Å². The second-order valence-corrected chi connectivity index (χ2v) is 3.97. The number of nitriles is 1. The molecule has 1 saturated carbocycles. The Bertz CT molecular complexity index is 404. The van der Waals surface area contributed by atoms with Crippen LogP contribution in [0.5, 0.6) is 5.75 Å². The van der Waals surface area contributed by atoms with Gasteiger partial charge in [0.2, 0.25) is 0 Å². The third-order valence-electron chi connectivity index (χ3n) is 2.64. The van der Waals surface area contributed by atoms with Crippen molar-refractivity contribution in [3.05, 3.63) is 28.8 Å². The quantitative estimate of drug-likeness (QED) is 0.747. The van der Waals surface area contributed by atoms with Crippen LogP contribution in [-0.4, -0.2) is 7.11 Å². The van der Waals surface area contributed by atoms with Gasteiger partial charge in [-0.1, -0.05) is 11.6 Å². The molecule has 0 aromatic heterocycles. The average Bonchev–Trinajstić information content (AvgIpc) is 2.98. The summed E-state index contributed by atoms with van der Waals surface area (Å²) < 4.78 is 5.22. The number of hydrogen-bond donors (Lipinski definition) is 0. The van der Waals surface area contributed by atoms with Gasteiger partial charge in [0.05, 0.1) is 18.6 Å². The van der Waals surface area contributed by atoms with Crippen LogP contribution < -0.4 is 4.74 Å². The summed E-state index contributed by atoms with van der Waals surface area (Å²) in [5.41, 5.74) is 0.589. The highest BCUT2D eigenvalue weighted by molar-refractivity contribution is 6.30. The molecule has 3 heteroatoms. The third kappa shape index (κ3) is 1.34. The van der Waals surface area contributed by atoms with Crippen LogP contribution in [0.15, 0.2) is 18.2 Å². The Morgan fingerprint density at radius 1 is 1.50 bits per heavy atom. The number of benzene rings is 1. The highest BCUT2D eigenvalue weighted by atomic mass is 35.5. The van der Waals surface area contributed by atoms with Crippen molar-refractivity contribution in [2.45, 2.75) is 18.3 Å². The maximum absolute atomic E-state index is 9.07. The van der Waals surface area contributed by atoms with E-state index in [1.54, 1.807) is 13.2 Å². The van der Waals surface area contributed by atoms with Gasteiger partial charge in [0.15, 0.2) is 0 Å². The van der Waals surface area contributed by atoms with Crippen molar-refractivity contribution in [1.29, 1.82) is 5.26 Å². The molecule has 1 aliphatic carbocycles. The van der Waals surface area contributed by atoms with Crippen molar-refractivity contribution >= 4 is 11.6 Å². The molecule has 2 nitrogen and oxygen atoms in total. The van der Waals surface area contributed by atoms with Crippen LogP contribution in [0.3, 0.4) is 0 Å². The van der Waals surface area contributed by atoms with Gasteiger partial charge in [-0.3, -0.25) is 0 Å². The van der Waals surface area contributed by atoms with Gasteiger partial charge in [0, 0.05) is 10.6 Å². The van der Waals surface area contributed by atoms with E-state index in [1.165, 1.54) is 0 Å². The first-order valence-electron chi connectivity index (χ1n) is 4.47. The van der Waals surface area contributed by atoms with Gasteiger partial charge in [-0.25, -0.2) is 0 Å². The average molecular weight is 208 g/mol. The van der Waals surface area contributed by atoms with E-state index in [2.05, 4.69) is 6.07 Å². The SMILES string of the molecule is COc1ccc(Cl)cc1C1(C#N)CC1. The number of rotatable bonds is 2. The molecular formula is C11H10ClNO. The normalized spacial score (nSPS) is 17.2. The lowest BCUT2D eigenvalue weighted by Gasteiger charge is -2.12. The molecular weight excluding hydrogens is 198 g/mol. The summed E-state index contributed by atoms with van der Waals surface area (Å²) in [6, 6.07) is 7.75. The molecule has 0 saturated heterocycles.